The van der Waals surface area contributed by atoms with Gasteiger partial charge in [-0.3, -0.25) is 14.4 Å². The van der Waals surface area contributed by atoms with Gasteiger partial charge in [0, 0.05) is 25.4 Å². The van der Waals surface area contributed by atoms with Gasteiger partial charge in [0.2, 0.25) is 5.91 Å². The number of hydrogen-bond acceptors (Lipinski definition) is 4. The lowest BCUT2D eigenvalue weighted by atomic mass is 10.1. The van der Waals surface area contributed by atoms with Crippen LogP contribution in [-0.4, -0.2) is 33.3 Å². The second kappa shape index (κ2) is 6.84. The number of nitrogens with one attached hydrogen (secondary N) is 1. The van der Waals surface area contributed by atoms with Gasteiger partial charge in [-0.2, -0.15) is 5.10 Å². The highest BCUT2D eigenvalue weighted by molar-refractivity contribution is 5.88. The Morgan fingerprint density at radius 1 is 1.27 bits per heavy atom. The number of carbonyl (C=O) groups excluding carboxylic acids is 1. The van der Waals surface area contributed by atoms with Crippen LogP contribution in [0.1, 0.15) is 18.5 Å². The quantitative estimate of drug-likeness (QED) is 0.755. The molecule has 22 heavy (non-hydrogen) atoms. The molecule has 0 unspecified atom stereocenters. The van der Waals surface area contributed by atoms with Gasteiger partial charge in [0.1, 0.15) is 0 Å². The number of aromatic nitrogens is 2. The van der Waals surface area contributed by atoms with Crippen molar-refractivity contribution >= 4 is 22.6 Å². The fourth-order valence-corrected chi connectivity index (χ4v) is 2.19. The number of nitrogens with zero attached hydrogens (tertiary/aromatic N) is 2. The number of aliphatic carboxylic acids is 1. The summed E-state index contributed by atoms with van der Waals surface area (Å²) in [5.41, 5.74) is 0.314. The predicted molar refractivity (Wildman–Crippen MR) is 80.6 cm³/mol. The van der Waals surface area contributed by atoms with Crippen LogP contribution in [0.4, 0.5) is 0 Å². The van der Waals surface area contributed by atoms with Gasteiger partial charge in [0.25, 0.3) is 5.56 Å². The van der Waals surface area contributed by atoms with Gasteiger partial charge in [0.05, 0.1) is 17.5 Å². The molecule has 2 rings (SSSR count). The Labute approximate surface area is 126 Å². The molecule has 1 aromatic carbocycles. The first-order valence-electron chi connectivity index (χ1n) is 6.92. The standard InChI is InChI=1S/C15H17N3O4/c1-18-15(22)11-6-3-2-5-10(11)12(17-18)9-13(19)16-8-4-7-14(20)21/h2-3,5-6H,4,7-9H2,1H3,(H,16,19)(H,20,21). The molecule has 0 aliphatic rings. The highest BCUT2D eigenvalue weighted by atomic mass is 16.4. The SMILES string of the molecule is Cn1nc(CC(=O)NCCCC(=O)O)c2ccccc2c1=O. The van der Waals surface area contributed by atoms with Crippen molar-refractivity contribution in [3.8, 4) is 0 Å². The number of rotatable bonds is 6. The first kappa shape index (κ1) is 15.7. The van der Waals surface area contributed by atoms with E-state index < -0.39 is 5.97 Å². The van der Waals surface area contributed by atoms with E-state index in [1.807, 2.05) is 0 Å². The van der Waals surface area contributed by atoms with Crippen LogP contribution < -0.4 is 10.9 Å². The summed E-state index contributed by atoms with van der Waals surface area (Å²) in [5, 5.41) is 16.5. The van der Waals surface area contributed by atoms with Crippen LogP contribution in [0.5, 0.6) is 0 Å². The highest BCUT2D eigenvalue weighted by Gasteiger charge is 2.12. The Balaban J connectivity index is 2.11. The number of carboxylic acid groups (broad SMARTS) is 1. The molecule has 0 spiro atoms. The molecule has 0 bridgehead atoms. The maximum atomic E-state index is 12.0. The smallest absolute Gasteiger partial charge is 0.303 e. The van der Waals surface area contributed by atoms with Crippen LogP contribution in [0.25, 0.3) is 10.8 Å². The Hall–Kier alpha value is -2.70. The first-order chi connectivity index (χ1) is 10.5. The van der Waals surface area contributed by atoms with Crippen LogP contribution >= 0.6 is 0 Å². The molecule has 116 valence electrons. The third kappa shape index (κ3) is 3.69. The van der Waals surface area contributed by atoms with Crippen LogP contribution in [0, 0.1) is 0 Å². The molecule has 1 amide bonds. The lowest BCUT2D eigenvalue weighted by molar-refractivity contribution is -0.137. The van der Waals surface area contributed by atoms with E-state index >= 15 is 0 Å². The third-order valence-corrected chi connectivity index (χ3v) is 3.25. The van der Waals surface area contributed by atoms with E-state index in [1.54, 1.807) is 31.3 Å². The molecule has 2 aromatic rings. The lowest BCUT2D eigenvalue weighted by Gasteiger charge is -2.08. The third-order valence-electron chi connectivity index (χ3n) is 3.25. The molecule has 7 nitrogen and oxygen atoms in total. The van der Waals surface area contributed by atoms with E-state index in [1.165, 1.54) is 4.68 Å². The Bertz CT molecular complexity index is 767. The van der Waals surface area contributed by atoms with Gasteiger partial charge in [0.15, 0.2) is 0 Å². The molecule has 0 saturated carbocycles. The van der Waals surface area contributed by atoms with E-state index in [2.05, 4.69) is 10.4 Å². The van der Waals surface area contributed by atoms with E-state index in [9.17, 15) is 14.4 Å². The molecule has 1 heterocycles. The fraction of sp³-hybridized carbons (Fsp3) is 0.333. The Morgan fingerprint density at radius 3 is 2.64 bits per heavy atom. The second-order valence-corrected chi connectivity index (χ2v) is 4.95. The van der Waals surface area contributed by atoms with Crippen molar-refractivity contribution in [3.05, 3.63) is 40.3 Å². The van der Waals surface area contributed by atoms with Crippen molar-refractivity contribution in [2.75, 3.05) is 6.54 Å². The fourth-order valence-electron chi connectivity index (χ4n) is 2.19. The van der Waals surface area contributed by atoms with E-state index in [0.717, 1.165) is 0 Å². The van der Waals surface area contributed by atoms with Crippen LogP contribution in [0.2, 0.25) is 0 Å². The van der Waals surface area contributed by atoms with Gasteiger partial charge in [-0.25, -0.2) is 4.68 Å². The number of amides is 1. The number of carbonyl (C=O) groups is 2. The molecule has 0 atom stereocenters. The molecule has 0 aliphatic heterocycles. The maximum Gasteiger partial charge on any atom is 0.303 e. The van der Waals surface area contributed by atoms with E-state index in [0.29, 0.717) is 29.4 Å². The molecular weight excluding hydrogens is 286 g/mol. The van der Waals surface area contributed by atoms with Crippen molar-refractivity contribution in [1.82, 2.24) is 15.1 Å². The monoisotopic (exact) mass is 303 g/mol. The summed E-state index contributed by atoms with van der Waals surface area (Å²) in [6.07, 6.45) is 0.436. The van der Waals surface area contributed by atoms with Crippen molar-refractivity contribution in [3.63, 3.8) is 0 Å². The lowest BCUT2D eigenvalue weighted by Crippen LogP contribution is -2.29. The van der Waals surface area contributed by atoms with Crippen molar-refractivity contribution in [2.45, 2.75) is 19.3 Å². The maximum absolute atomic E-state index is 12.0. The minimum absolute atomic E-state index is 0.0152. The molecule has 0 radical (unpaired) electrons. The van der Waals surface area contributed by atoms with Crippen molar-refractivity contribution in [2.24, 2.45) is 7.05 Å². The summed E-state index contributed by atoms with van der Waals surface area (Å²) >= 11 is 0. The Kier molecular flexibility index (Phi) is 4.88. The number of hydrogen-bond donors (Lipinski definition) is 2. The van der Waals surface area contributed by atoms with Crippen LogP contribution in [0.15, 0.2) is 29.1 Å². The normalized spacial score (nSPS) is 10.6. The van der Waals surface area contributed by atoms with Crippen molar-refractivity contribution < 1.29 is 14.7 Å². The van der Waals surface area contributed by atoms with Gasteiger partial charge >= 0.3 is 5.97 Å². The van der Waals surface area contributed by atoms with Crippen molar-refractivity contribution in [1.29, 1.82) is 0 Å². The van der Waals surface area contributed by atoms with Crippen LogP contribution in [0.3, 0.4) is 0 Å². The zero-order valence-corrected chi connectivity index (χ0v) is 12.2. The van der Waals surface area contributed by atoms with Gasteiger partial charge < -0.3 is 10.4 Å². The summed E-state index contributed by atoms with van der Waals surface area (Å²) in [7, 11) is 1.54. The minimum Gasteiger partial charge on any atom is -0.481 e. The van der Waals surface area contributed by atoms with E-state index in [4.69, 9.17) is 5.11 Å². The minimum atomic E-state index is -0.889. The van der Waals surface area contributed by atoms with Crippen LogP contribution in [-0.2, 0) is 23.1 Å². The summed E-state index contributed by atoms with van der Waals surface area (Å²) in [6, 6.07) is 7.02. The largest absolute Gasteiger partial charge is 0.481 e. The molecular formula is C15H17N3O4. The zero-order valence-electron chi connectivity index (χ0n) is 12.2. The Morgan fingerprint density at radius 2 is 1.95 bits per heavy atom. The molecule has 2 N–H and O–H groups in total. The zero-order chi connectivity index (χ0) is 16.1. The molecule has 1 aromatic heterocycles. The number of carboxylic acids is 1. The second-order valence-electron chi connectivity index (χ2n) is 4.95. The number of benzene rings is 1. The predicted octanol–water partition coefficient (Wildman–Crippen LogP) is 0.457. The highest BCUT2D eigenvalue weighted by Crippen LogP contribution is 2.13. The van der Waals surface area contributed by atoms with Gasteiger partial charge in [-0.05, 0) is 12.5 Å². The summed E-state index contributed by atoms with van der Waals surface area (Å²) < 4.78 is 1.22. The summed E-state index contributed by atoms with van der Waals surface area (Å²) in [4.78, 5) is 34.3. The summed E-state index contributed by atoms with van der Waals surface area (Å²) in [5.74, 6) is -1.14. The number of aryl methyl sites for hydroxylation is 1. The van der Waals surface area contributed by atoms with Gasteiger partial charge in [-0.1, -0.05) is 18.2 Å². The average molecular weight is 303 g/mol. The molecule has 0 aliphatic carbocycles. The molecule has 0 saturated heterocycles. The average Bonchev–Trinajstić information content (AvgIpc) is 2.49. The first-order valence-corrected chi connectivity index (χ1v) is 6.92. The van der Waals surface area contributed by atoms with Gasteiger partial charge in [-0.15, -0.1) is 0 Å². The topological polar surface area (TPSA) is 101 Å². The molecule has 0 fully saturated rings. The molecule has 7 heteroatoms. The number of fused-ring (bicyclic) bond motifs is 1. The summed E-state index contributed by atoms with van der Waals surface area (Å²) in [6.45, 7) is 0.300. The van der Waals surface area contributed by atoms with E-state index in [-0.39, 0.29) is 24.3 Å².